The molecule has 0 heterocycles. The minimum atomic E-state index is -0.0211. The van der Waals surface area contributed by atoms with Crippen molar-refractivity contribution < 1.29 is 14.6 Å². The molecule has 0 radical (unpaired) electrons. The summed E-state index contributed by atoms with van der Waals surface area (Å²) in [5.41, 5.74) is 1.90. The van der Waals surface area contributed by atoms with Gasteiger partial charge in [0.15, 0.2) is 0 Å². The van der Waals surface area contributed by atoms with Gasteiger partial charge in [-0.1, -0.05) is 36.3 Å². The van der Waals surface area contributed by atoms with Crippen LogP contribution in [0.15, 0.2) is 48.5 Å². The SMILES string of the molecule is C#CCOc1ccc(CCNC(=O)CCc2ccccc2O)cc1. The number of nitrogens with one attached hydrogen (secondary N) is 1. The van der Waals surface area contributed by atoms with E-state index < -0.39 is 0 Å². The fourth-order valence-corrected chi connectivity index (χ4v) is 2.28. The molecule has 2 aromatic rings. The first-order valence-corrected chi connectivity index (χ1v) is 7.88. The fourth-order valence-electron chi connectivity index (χ4n) is 2.28. The Hall–Kier alpha value is -2.93. The highest BCUT2D eigenvalue weighted by Crippen LogP contribution is 2.17. The Morgan fingerprint density at radius 2 is 1.88 bits per heavy atom. The van der Waals surface area contributed by atoms with Crippen molar-refractivity contribution in [3.63, 3.8) is 0 Å². The highest BCUT2D eigenvalue weighted by atomic mass is 16.5. The van der Waals surface area contributed by atoms with Crippen molar-refractivity contribution in [3.8, 4) is 23.8 Å². The van der Waals surface area contributed by atoms with E-state index >= 15 is 0 Å². The van der Waals surface area contributed by atoms with E-state index in [1.807, 2.05) is 36.4 Å². The van der Waals surface area contributed by atoms with E-state index in [0.717, 1.165) is 23.3 Å². The maximum absolute atomic E-state index is 11.9. The molecular weight excluding hydrogens is 302 g/mol. The van der Waals surface area contributed by atoms with Gasteiger partial charge >= 0.3 is 0 Å². The van der Waals surface area contributed by atoms with Crippen LogP contribution in [0.3, 0.4) is 0 Å². The maximum Gasteiger partial charge on any atom is 0.220 e. The Bertz CT molecular complexity index is 702. The molecular formula is C20H21NO3. The Morgan fingerprint density at radius 1 is 1.12 bits per heavy atom. The number of benzene rings is 2. The van der Waals surface area contributed by atoms with Crippen LogP contribution in [-0.4, -0.2) is 24.2 Å². The van der Waals surface area contributed by atoms with Gasteiger partial charge in [-0.2, -0.15) is 0 Å². The highest BCUT2D eigenvalue weighted by Gasteiger charge is 2.05. The van der Waals surface area contributed by atoms with Crippen LogP contribution in [-0.2, 0) is 17.6 Å². The summed E-state index contributed by atoms with van der Waals surface area (Å²) in [4.78, 5) is 11.9. The first-order chi connectivity index (χ1) is 11.7. The Kier molecular flexibility index (Phi) is 6.73. The summed E-state index contributed by atoms with van der Waals surface area (Å²) in [6.07, 6.45) is 6.77. The number of hydrogen-bond acceptors (Lipinski definition) is 3. The number of ether oxygens (including phenoxy) is 1. The van der Waals surface area contributed by atoms with Gasteiger partial charge in [0, 0.05) is 13.0 Å². The average molecular weight is 323 g/mol. The molecule has 0 aliphatic heterocycles. The molecule has 1 amide bonds. The third-order valence-electron chi connectivity index (χ3n) is 3.59. The average Bonchev–Trinajstić information content (AvgIpc) is 2.60. The molecule has 24 heavy (non-hydrogen) atoms. The molecule has 0 unspecified atom stereocenters. The lowest BCUT2D eigenvalue weighted by atomic mass is 10.1. The van der Waals surface area contributed by atoms with Gasteiger partial charge in [-0.15, -0.1) is 6.42 Å². The van der Waals surface area contributed by atoms with Gasteiger partial charge < -0.3 is 15.2 Å². The van der Waals surface area contributed by atoms with E-state index in [1.165, 1.54) is 0 Å². The lowest BCUT2D eigenvalue weighted by Gasteiger charge is -2.07. The highest BCUT2D eigenvalue weighted by molar-refractivity contribution is 5.76. The molecule has 0 bridgehead atoms. The third kappa shape index (κ3) is 5.69. The van der Waals surface area contributed by atoms with Crippen molar-refractivity contribution in [2.24, 2.45) is 0 Å². The van der Waals surface area contributed by atoms with Crippen LogP contribution in [0.4, 0.5) is 0 Å². The number of amides is 1. The smallest absolute Gasteiger partial charge is 0.220 e. The van der Waals surface area contributed by atoms with Gasteiger partial charge in [-0.25, -0.2) is 0 Å². The molecule has 4 heteroatoms. The molecule has 0 aliphatic carbocycles. The molecule has 0 atom stereocenters. The maximum atomic E-state index is 11.9. The van der Waals surface area contributed by atoms with E-state index in [0.29, 0.717) is 19.4 Å². The number of phenols is 1. The van der Waals surface area contributed by atoms with Crippen LogP contribution in [0.1, 0.15) is 17.5 Å². The summed E-state index contributed by atoms with van der Waals surface area (Å²) in [7, 11) is 0. The number of hydrogen-bond donors (Lipinski definition) is 2. The van der Waals surface area contributed by atoms with E-state index in [-0.39, 0.29) is 18.3 Å². The molecule has 0 aromatic heterocycles. The molecule has 0 spiro atoms. The lowest BCUT2D eigenvalue weighted by Crippen LogP contribution is -2.25. The number of phenolic OH excluding ortho intramolecular Hbond substituents is 1. The number of aromatic hydroxyl groups is 1. The fraction of sp³-hybridized carbons (Fsp3) is 0.250. The summed E-state index contributed by atoms with van der Waals surface area (Å²) in [5, 5.41) is 12.6. The van der Waals surface area contributed by atoms with Crippen molar-refractivity contribution in [1.82, 2.24) is 5.32 Å². The molecule has 2 aromatic carbocycles. The predicted octanol–water partition coefficient (Wildman–Crippen LogP) is 2.70. The number of aryl methyl sites for hydroxylation is 1. The molecule has 0 saturated carbocycles. The van der Waals surface area contributed by atoms with Crippen LogP contribution in [0.5, 0.6) is 11.5 Å². The van der Waals surface area contributed by atoms with Crippen LogP contribution >= 0.6 is 0 Å². The third-order valence-corrected chi connectivity index (χ3v) is 3.59. The summed E-state index contributed by atoms with van der Waals surface area (Å²) >= 11 is 0. The summed E-state index contributed by atoms with van der Waals surface area (Å²) < 4.78 is 5.31. The quantitative estimate of drug-likeness (QED) is 0.734. The van der Waals surface area contributed by atoms with Crippen LogP contribution in [0.25, 0.3) is 0 Å². The number of para-hydroxylation sites is 1. The molecule has 2 rings (SSSR count). The van der Waals surface area contributed by atoms with Crippen LogP contribution in [0.2, 0.25) is 0 Å². The Morgan fingerprint density at radius 3 is 2.58 bits per heavy atom. The second-order valence-electron chi connectivity index (χ2n) is 5.37. The zero-order valence-electron chi connectivity index (χ0n) is 13.5. The zero-order chi connectivity index (χ0) is 17.2. The zero-order valence-corrected chi connectivity index (χ0v) is 13.5. The van der Waals surface area contributed by atoms with Gasteiger partial charge in [0.25, 0.3) is 0 Å². The number of carbonyl (C=O) groups is 1. The second kappa shape index (κ2) is 9.26. The largest absolute Gasteiger partial charge is 0.508 e. The summed E-state index contributed by atoms with van der Waals surface area (Å²) in [6, 6.07) is 14.7. The van der Waals surface area contributed by atoms with Crippen LogP contribution < -0.4 is 10.1 Å². The van der Waals surface area contributed by atoms with Gasteiger partial charge in [0.05, 0.1) is 0 Å². The summed E-state index contributed by atoms with van der Waals surface area (Å²) in [6.45, 7) is 0.830. The van der Waals surface area contributed by atoms with Crippen molar-refractivity contribution >= 4 is 5.91 Å². The van der Waals surface area contributed by atoms with Crippen molar-refractivity contribution in [1.29, 1.82) is 0 Å². The first-order valence-electron chi connectivity index (χ1n) is 7.88. The van der Waals surface area contributed by atoms with E-state index in [9.17, 15) is 9.90 Å². The van der Waals surface area contributed by atoms with Gasteiger partial charge in [-0.3, -0.25) is 4.79 Å². The number of terminal acetylenes is 1. The number of rotatable bonds is 8. The molecule has 124 valence electrons. The lowest BCUT2D eigenvalue weighted by molar-refractivity contribution is -0.121. The molecule has 2 N–H and O–H groups in total. The molecule has 0 aliphatic rings. The van der Waals surface area contributed by atoms with Gasteiger partial charge in [0.2, 0.25) is 5.91 Å². The monoisotopic (exact) mass is 323 g/mol. The Labute approximate surface area is 142 Å². The minimum Gasteiger partial charge on any atom is -0.508 e. The standard InChI is InChI=1S/C20H21NO3/c1-2-15-24-18-10-7-16(8-11-18)13-14-21-20(23)12-9-17-5-3-4-6-19(17)22/h1,3-8,10-11,22H,9,12-15H2,(H,21,23). The van der Waals surface area contributed by atoms with Gasteiger partial charge in [0.1, 0.15) is 18.1 Å². The second-order valence-corrected chi connectivity index (χ2v) is 5.37. The van der Waals surface area contributed by atoms with E-state index in [2.05, 4.69) is 11.2 Å². The van der Waals surface area contributed by atoms with Gasteiger partial charge in [-0.05, 0) is 42.2 Å². The number of carbonyl (C=O) groups excluding carboxylic acids is 1. The topological polar surface area (TPSA) is 58.6 Å². The van der Waals surface area contributed by atoms with Crippen molar-refractivity contribution in [3.05, 3.63) is 59.7 Å². The van der Waals surface area contributed by atoms with Crippen molar-refractivity contribution in [2.45, 2.75) is 19.3 Å². The molecule has 0 fully saturated rings. The minimum absolute atomic E-state index is 0.0211. The first kappa shape index (κ1) is 17.4. The van der Waals surface area contributed by atoms with E-state index in [1.54, 1.807) is 12.1 Å². The predicted molar refractivity (Wildman–Crippen MR) is 93.9 cm³/mol. The van der Waals surface area contributed by atoms with E-state index in [4.69, 9.17) is 11.2 Å². The molecule has 0 saturated heterocycles. The van der Waals surface area contributed by atoms with Crippen LogP contribution in [0, 0.1) is 12.3 Å². The summed E-state index contributed by atoms with van der Waals surface area (Å²) in [5.74, 6) is 3.37. The Balaban J connectivity index is 1.69. The van der Waals surface area contributed by atoms with Crippen molar-refractivity contribution in [2.75, 3.05) is 13.2 Å². The normalized spacial score (nSPS) is 9.96. The molecule has 4 nitrogen and oxygen atoms in total.